The molecule has 0 aromatic carbocycles. The Morgan fingerprint density at radius 2 is 2.09 bits per heavy atom. The fraction of sp³-hybridized carbons (Fsp3) is 0.333. The summed E-state index contributed by atoms with van der Waals surface area (Å²) in [6.07, 6.45) is 2.91. The summed E-state index contributed by atoms with van der Waals surface area (Å²) >= 11 is 5.98. The van der Waals surface area contributed by atoms with Crippen molar-refractivity contribution < 1.29 is 13.9 Å². The van der Waals surface area contributed by atoms with Crippen LogP contribution >= 0.6 is 11.6 Å². The SMILES string of the molecule is CC(C)(C)C(=O)OCc1ccc(-n2cnc3c(Cl)ncnc32)o1. The Morgan fingerprint density at radius 1 is 1.30 bits per heavy atom. The van der Waals surface area contributed by atoms with Gasteiger partial charge in [-0.05, 0) is 26.8 Å². The van der Waals surface area contributed by atoms with Gasteiger partial charge in [0.15, 0.2) is 10.8 Å². The maximum absolute atomic E-state index is 11.8. The number of aromatic nitrogens is 4. The number of carbonyl (C=O) groups is 1. The lowest BCUT2D eigenvalue weighted by Gasteiger charge is -2.15. The molecule has 120 valence electrons. The molecule has 0 aliphatic rings. The number of hydrogen-bond donors (Lipinski definition) is 0. The molecule has 0 atom stereocenters. The number of hydrogen-bond acceptors (Lipinski definition) is 6. The smallest absolute Gasteiger partial charge is 0.311 e. The van der Waals surface area contributed by atoms with Crippen LogP contribution in [0.25, 0.3) is 17.0 Å². The molecule has 3 aromatic heterocycles. The number of nitrogens with zero attached hydrogens (tertiary/aromatic N) is 4. The highest BCUT2D eigenvalue weighted by Crippen LogP contribution is 2.23. The molecule has 0 saturated carbocycles. The van der Waals surface area contributed by atoms with Crippen molar-refractivity contribution in [3.8, 4) is 5.88 Å². The Balaban J connectivity index is 1.81. The maximum atomic E-state index is 11.8. The predicted molar refractivity (Wildman–Crippen MR) is 83.2 cm³/mol. The average Bonchev–Trinajstić information content (AvgIpc) is 3.10. The Hall–Kier alpha value is -2.41. The van der Waals surface area contributed by atoms with Gasteiger partial charge in [0.2, 0.25) is 5.88 Å². The first-order valence-electron chi connectivity index (χ1n) is 6.96. The van der Waals surface area contributed by atoms with E-state index in [1.54, 1.807) is 43.8 Å². The molecule has 3 rings (SSSR count). The molecule has 0 spiro atoms. The molecule has 0 amide bonds. The molecule has 3 heterocycles. The van der Waals surface area contributed by atoms with Gasteiger partial charge >= 0.3 is 5.97 Å². The van der Waals surface area contributed by atoms with E-state index in [0.717, 1.165) is 0 Å². The zero-order valence-corrected chi connectivity index (χ0v) is 13.7. The van der Waals surface area contributed by atoms with Crippen molar-refractivity contribution in [2.45, 2.75) is 27.4 Å². The Kier molecular flexibility index (Phi) is 3.81. The van der Waals surface area contributed by atoms with Crippen molar-refractivity contribution in [3.05, 3.63) is 35.7 Å². The van der Waals surface area contributed by atoms with E-state index in [0.29, 0.717) is 22.8 Å². The quantitative estimate of drug-likeness (QED) is 0.540. The van der Waals surface area contributed by atoms with Crippen LogP contribution < -0.4 is 0 Å². The third kappa shape index (κ3) is 3.05. The van der Waals surface area contributed by atoms with Gasteiger partial charge in [0.05, 0.1) is 5.41 Å². The second kappa shape index (κ2) is 5.66. The van der Waals surface area contributed by atoms with Crippen LogP contribution in [0.1, 0.15) is 26.5 Å². The van der Waals surface area contributed by atoms with Crippen molar-refractivity contribution in [3.63, 3.8) is 0 Å². The summed E-state index contributed by atoms with van der Waals surface area (Å²) in [7, 11) is 0. The molecule has 8 heteroatoms. The molecule has 0 bridgehead atoms. The number of fused-ring (bicyclic) bond motifs is 1. The molecule has 23 heavy (non-hydrogen) atoms. The lowest BCUT2D eigenvalue weighted by atomic mass is 9.97. The number of rotatable bonds is 3. The van der Waals surface area contributed by atoms with Crippen molar-refractivity contribution in [2.24, 2.45) is 5.41 Å². The van der Waals surface area contributed by atoms with Crippen LogP contribution in [0.4, 0.5) is 0 Å². The molecule has 3 aromatic rings. The van der Waals surface area contributed by atoms with E-state index in [4.69, 9.17) is 20.8 Å². The van der Waals surface area contributed by atoms with Gasteiger partial charge in [-0.15, -0.1) is 0 Å². The summed E-state index contributed by atoms with van der Waals surface area (Å²) in [4.78, 5) is 24.0. The van der Waals surface area contributed by atoms with Gasteiger partial charge in [-0.3, -0.25) is 9.36 Å². The largest absolute Gasteiger partial charge is 0.457 e. The summed E-state index contributed by atoms with van der Waals surface area (Å²) in [5, 5.41) is 0.277. The van der Waals surface area contributed by atoms with Gasteiger partial charge < -0.3 is 9.15 Å². The molecule has 0 N–H and O–H groups in total. The summed E-state index contributed by atoms with van der Waals surface area (Å²) in [6.45, 7) is 5.45. The lowest BCUT2D eigenvalue weighted by Crippen LogP contribution is -2.22. The van der Waals surface area contributed by atoms with Crippen LogP contribution in [0.3, 0.4) is 0 Å². The van der Waals surface area contributed by atoms with E-state index in [1.807, 2.05) is 0 Å². The topological polar surface area (TPSA) is 83.0 Å². The molecule has 0 unspecified atom stereocenters. The minimum absolute atomic E-state index is 0.0679. The second-order valence-electron chi connectivity index (χ2n) is 6.02. The highest BCUT2D eigenvalue weighted by atomic mass is 35.5. The minimum Gasteiger partial charge on any atom is -0.457 e. The Labute approximate surface area is 137 Å². The van der Waals surface area contributed by atoms with Crippen molar-refractivity contribution >= 4 is 28.7 Å². The number of carbonyl (C=O) groups excluding carboxylic acids is 1. The van der Waals surface area contributed by atoms with Crippen molar-refractivity contribution in [1.29, 1.82) is 0 Å². The van der Waals surface area contributed by atoms with Gasteiger partial charge in [-0.2, -0.15) is 0 Å². The third-order valence-corrected chi connectivity index (χ3v) is 3.41. The van der Waals surface area contributed by atoms with Gasteiger partial charge in [0.25, 0.3) is 0 Å². The molecular formula is C15H15ClN4O3. The molecule has 0 aliphatic carbocycles. The van der Waals surface area contributed by atoms with Crippen LogP contribution in [0.2, 0.25) is 5.15 Å². The summed E-state index contributed by atoms with van der Waals surface area (Å²) in [5.41, 5.74) is 0.479. The van der Waals surface area contributed by atoms with Gasteiger partial charge in [0.1, 0.15) is 30.5 Å². The van der Waals surface area contributed by atoms with E-state index in [9.17, 15) is 4.79 Å². The number of imidazole rings is 1. The Bertz CT molecular complexity index is 863. The van der Waals surface area contributed by atoms with E-state index in [2.05, 4.69) is 15.0 Å². The van der Waals surface area contributed by atoms with Crippen LogP contribution in [0, 0.1) is 5.41 Å². The Morgan fingerprint density at radius 3 is 2.83 bits per heavy atom. The number of halogens is 1. The van der Waals surface area contributed by atoms with Gasteiger partial charge in [-0.25, -0.2) is 15.0 Å². The van der Waals surface area contributed by atoms with E-state index in [-0.39, 0.29) is 17.7 Å². The fourth-order valence-corrected chi connectivity index (χ4v) is 2.07. The second-order valence-corrected chi connectivity index (χ2v) is 6.38. The zero-order valence-electron chi connectivity index (χ0n) is 12.9. The van der Waals surface area contributed by atoms with Crippen molar-refractivity contribution in [1.82, 2.24) is 19.5 Å². The van der Waals surface area contributed by atoms with Crippen LogP contribution in [-0.2, 0) is 16.1 Å². The highest BCUT2D eigenvalue weighted by Gasteiger charge is 2.23. The van der Waals surface area contributed by atoms with Crippen LogP contribution in [0.5, 0.6) is 0 Å². The summed E-state index contributed by atoms with van der Waals surface area (Å²) in [6, 6.07) is 3.48. The molecule has 0 aliphatic heterocycles. The van der Waals surface area contributed by atoms with Crippen LogP contribution in [0.15, 0.2) is 29.2 Å². The first kappa shape index (κ1) is 15.5. The lowest BCUT2D eigenvalue weighted by molar-refractivity contribution is -0.154. The highest BCUT2D eigenvalue weighted by molar-refractivity contribution is 6.33. The normalized spacial score (nSPS) is 11.8. The first-order valence-corrected chi connectivity index (χ1v) is 7.34. The number of furan rings is 1. The molecule has 0 fully saturated rings. The average molecular weight is 335 g/mol. The standard InChI is InChI=1S/C15H15ClN4O3/c1-15(2,3)14(21)22-6-9-4-5-10(23-9)20-8-19-11-12(16)17-7-18-13(11)20/h4-5,7-8H,6H2,1-3H3. The third-order valence-electron chi connectivity index (χ3n) is 3.13. The minimum atomic E-state index is -0.552. The molecule has 0 saturated heterocycles. The molecule has 7 nitrogen and oxygen atoms in total. The summed E-state index contributed by atoms with van der Waals surface area (Å²) < 4.78 is 12.6. The number of ether oxygens (including phenoxy) is 1. The predicted octanol–water partition coefficient (Wildman–Crippen LogP) is 3.15. The summed E-state index contributed by atoms with van der Waals surface area (Å²) in [5.74, 6) is 0.742. The monoisotopic (exact) mass is 334 g/mol. The maximum Gasteiger partial charge on any atom is 0.311 e. The van der Waals surface area contributed by atoms with E-state index in [1.165, 1.54) is 6.33 Å². The van der Waals surface area contributed by atoms with E-state index >= 15 is 0 Å². The van der Waals surface area contributed by atoms with E-state index < -0.39 is 5.41 Å². The zero-order chi connectivity index (χ0) is 16.6. The van der Waals surface area contributed by atoms with Gasteiger partial charge in [0, 0.05) is 6.07 Å². The van der Waals surface area contributed by atoms with Gasteiger partial charge in [-0.1, -0.05) is 11.6 Å². The first-order chi connectivity index (χ1) is 10.9. The number of esters is 1. The van der Waals surface area contributed by atoms with Crippen molar-refractivity contribution in [2.75, 3.05) is 0 Å². The van der Waals surface area contributed by atoms with Crippen LogP contribution in [-0.4, -0.2) is 25.5 Å². The molecule has 0 radical (unpaired) electrons. The molecular weight excluding hydrogens is 320 g/mol. The fourth-order valence-electron chi connectivity index (χ4n) is 1.89.